The van der Waals surface area contributed by atoms with E-state index in [0.717, 1.165) is 12.1 Å². The minimum absolute atomic E-state index is 0.0400. The predicted octanol–water partition coefficient (Wildman–Crippen LogP) is 3.01. The fourth-order valence-electron chi connectivity index (χ4n) is 1.69. The third-order valence-corrected chi connectivity index (χ3v) is 3.04. The molecule has 0 aromatic heterocycles. The van der Waals surface area contributed by atoms with Gasteiger partial charge in [0.1, 0.15) is 5.82 Å². The molecule has 0 bridgehead atoms. The van der Waals surface area contributed by atoms with Crippen LogP contribution in [0.4, 0.5) is 15.8 Å². The molecule has 0 aliphatic rings. The highest BCUT2D eigenvalue weighted by Gasteiger charge is 2.14. The van der Waals surface area contributed by atoms with Crippen LogP contribution in [-0.4, -0.2) is 17.0 Å². The van der Waals surface area contributed by atoms with Crippen LogP contribution < -0.4 is 11.1 Å². The summed E-state index contributed by atoms with van der Waals surface area (Å²) in [4.78, 5) is 23.0. The van der Waals surface area contributed by atoms with Gasteiger partial charge in [0.2, 0.25) is 0 Å². The smallest absolute Gasteiger partial charge is 0.337 e. The molecule has 2 aromatic carbocycles. The second-order valence-electron chi connectivity index (χ2n) is 4.19. The molecule has 2 rings (SSSR count). The van der Waals surface area contributed by atoms with Crippen LogP contribution in [0.15, 0.2) is 36.4 Å². The van der Waals surface area contributed by atoms with E-state index in [1.165, 1.54) is 24.3 Å². The largest absolute Gasteiger partial charge is 0.478 e. The zero-order valence-electron chi connectivity index (χ0n) is 10.6. The first-order chi connectivity index (χ1) is 9.88. The van der Waals surface area contributed by atoms with E-state index in [9.17, 15) is 14.0 Å². The van der Waals surface area contributed by atoms with E-state index in [4.69, 9.17) is 22.4 Å². The summed E-state index contributed by atoms with van der Waals surface area (Å²) < 4.78 is 13.1. The Kier molecular flexibility index (Phi) is 4.09. The summed E-state index contributed by atoms with van der Waals surface area (Å²) in [7, 11) is 0. The molecule has 0 spiro atoms. The minimum atomic E-state index is -1.22. The third-order valence-electron chi connectivity index (χ3n) is 2.71. The number of anilines is 2. The van der Waals surface area contributed by atoms with Crippen molar-refractivity contribution in [2.45, 2.75) is 0 Å². The maximum Gasteiger partial charge on any atom is 0.337 e. The number of hydrogen-bond acceptors (Lipinski definition) is 3. The Morgan fingerprint density at radius 3 is 2.52 bits per heavy atom. The molecule has 4 N–H and O–H groups in total. The topological polar surface area (TPSA) is 92.4 Å². The van der Waals surface area contributed by atoms with Gasteiger partial charge in [-0.3, -0.25) is 4.79 Å². The van der Waals surface area contributed by atoms with Gasteiger partial charge in [-0.2, -0.15) is 0 Å². The number of carboxylic acids is 1. The summed E-state index contributed by atoms with van der Waals surface area (Å²) in [6.07, 6.45) is 0. The van der Waals surface area contributed by atoms with Gasteiger partial charge < -0.3 is 16.2 Å². The Bertz CT molecular complexity index is 734. The van der Waals surface area contributed by atoms with E-state index in [1.54, 1.807) is 0 Å². The van der Waals surface area contributed by atoms with Crippen molar-refractivity contribution in [3.05, 3.63) is 58.4 Å². The summed E-state index contributed by atoms with van der Waals surface area (Å²) in [5, 5.41) is 11.4. The molecule has 0 fully saturated rings. The molecule has 0 saturated heterocycles. The Morgan fingerprint density at radius 2 is 1.86 bits per heavy atom. The summed E-state index contributed by atoms with van der Waals surface area (Å²) in [6.45, 7) is 0. The van der Waals surface area contributed by atoms with Crippen molar-refractivity contribution in [1.82, 2.24) is 0 Å². The second-order valence-corrected chi connectivity index (χ2v) is 4.59. The molecule has 2 aromatic rings. The highest BCUT2D eigenvalue weighted by Crippen LogP contribution is 2.22. The zero-order chi connectivity index (χ0) is 15.6. The molecular formula is C14H10ClFN2O3. The van der Waals surface area contributed by atoms with Crippen molar-refractivity contribution in [1.29, 1.82) is 0 Å². The van der Waals surface area contributed by atoms with E-state index >= 15 is 0 Å². The first kappa shape index (κ1) is 14.8. The number of aromatic carboxylic acids is 1. The number of hydrogen-bond donors (Lipinski definition) is 3. The number of benzene rings is 2. The van der Waals surface area contributed by atoms with Gasteiger partial charge in [-0.25, -0.2) is 9.18 Å². The average molecular weight is 309 g/mol. The molecule has 0 radical (unpaired) electrons. The number of carbonyl (C=O) groups excluding carboxylic acids is 1. The quantitative estimate of drug-likeness (QED) is 0.760. The second kappa shape index (κ2) is 5.80. The molecule has 0 aliphatic carbocycles. The van der Waals surface area contributed by atoms with E-state index in [-0.39, 0.29) is 27.5 Å². The number of nitrogen functional groups attached to an aromatic ring is 1. The molecule has 21 heavy (non-hydrogen) atoms. The number of carboxylic acid groups (broad SMARTS) is 1. The molecule has 1 amide bonds. The first-order valence-corrected chi connectivity index (χ1v) is 6.15. The standard InChI is InChI=1S/C14H10ClFN2O3/c15-11-3-2-8(6-9(11)14(20)21)18-13(19)10-5-7(16)1-4-12(10)17/h1-6H,17H2,(H,18,19)(H,20,21). The van der Waals surface area contributed by atoms with Crippen LogP contribution in [0.25, 0.3) is 0 Å². The summed E-state index contributed by atoms with van der Waals surface area (Å²) in [6, 6.07) is 7.39. The van der Waals surface area contributed by atoms with E-state index in [0.29, 0.717) is 0 Å². The monoisotopic (exact) mass is 308 g/mol. The Morgan fingerprint density at radius 1 is 1.14 bits per heavy atom. The number of rotatable bonds is 3. The number of nitrogens with two attached hydrogens (primary N) is 1. The van der Waals surface area contributed by atoms with Crippen molar-refractivity contribution in [3.8, 4) is 0 Å². The molecule has 0 unspecified atom stereocenters. The normalized spacial score (nSPS) is 10.2. The summed E-state index contributed by atoms with van der Waals surface area (Å²) in [5.74, 6) is -2.47. The minimum Gasteiger partial charge on any atom is -0.478 e. The summed E-state index contributed by atoms with van der Waals surface area (Å²) in [5.41, 5.74) is 5.74. The SMILES string of the molecule is Nc1ccc(F)cc1C(=O)Nc1ccc(Cl)c(C(=O)O)c1. The fourth-order valence-corrected chi connectivity index (χ4v) is 1.89. The van der Waals surface area contributed by atoms with Crippen LogP contribution in [0, 0.1) is 5.82 Å². The van der Waals surface area contributed by atoms with Gasteiger partial charge in [-0.1, -0.05) is 11.6 Å². The highest BCUT2D eigenvalue weighted by atomic mass is 35.5. The van der Waals surface area contributed by atoms with Gasteiger partial charge in [-0.15, -0.1) is 0 Å². The van der Waals surface area contributed by atoms with Crippen LogP contribution in [-0.2, 0) is 0 Å². The molecule has 0 atom stereocenters. The van der Waals surface area contributed by atoms with Crippen LogP contribution in [0.1, 0.15) is 20.7 Å². The van der Waals surface area contributed by atoms with E-state index in [1.807, 2.05) is 0 Å². The predicted molar refractivity (Wildman–Crippen MR) is 77.2 cm³/mol. The Labute approximate surface area is 124 Å². The number of carbonyl (C=O) groups is 2. The molecule has 0 aliphatic heterocycles. The van der Waals surface area contributed by atoms with Gasteiger partial charge in [0.25, 0.3) is 5.91 Å². The fraction of sp³-hybridized carbons (Fsp3) is 0. The van der Waals surface area contributed by atoms with Crippen molar-refractivity contribution in [2.75, 3.05) is 11.1 Å². The Hall–Kier alpha value is -2.60. The van der Waals surface area contributed by atoms with Crippen LogP contribution in [0.2, 0.25) is 5.02 Å². The van der Waals surface area contributed by atoms with Gasteiger partial charge >= 0.3 is 5.97 Å². The van der Waals surface area contributed by atoms with Crippen LogP contribution >= 0.6 is 11.6 Å². The van der Waals surface area contributed by atoms with E-state index in [2.05, 4.69) is 5.32 Å². The van der Waals surface area contributed by atoms with Gasteiger partial charge in [0.05, 0.1) is 16.1 Å². The number of nitrogens with one attached hydrogen (secondary N) is 1. The number of amides is 1. The lowest BCUT2D eigenvalue weighted by Crippen LogP contribution is -2.14. The lowest BCUT2D eigenvalue weighted by molar-refractivity contribution is 0.0696. The summed E-state index contributed by atoms with van der Waals surface area (Å²) >= 11 is 5.73. The third kappa shape index (κ3) is 3.29. The highest BCUT2D eigenvalue weighted by molar-refractivity contribution is 6.33. The van der Waals surface area contributed by atoms with Gasteiger partial charge in [0.15, 0.2) is 0 Å². The maximum atomic E-state index is 13.1. The van der Waals surface area contributed by atoms with Crippen molar-refractivity contribution >= 4 is 34.9 Å². The van der Waals surface area contributed by atoms with Gasteiger partial charge in [0, 0.05) is 11.4 Å². The average Bonchev–Trinajstić information content (AvgIpc) is 2.43. The maximum absolute atomic E-state index is 13.1. The van der Waals surface area contributed by atoms with Crippen molar-refractivity contribution in [3.63, 3.8) is 0 Å². The lowest BCUT2D eigenvalue weighted by Gasteiger charge is -2.09. The zero-order valence-corrected chi connectivity index (χ0v) is 11.3. The first-order valence-electron chi connectivity index (χ1n) is 5.77. The van der Waals surface area contributed by atoms with Crippen LogP contribution in [0.5, 0.6) is 0 Å². The van der Waals surface area contributed by atoms with Crippen LogP contribution in [0.3, 0.4) is 0 Å². The molecular weight excluding hydrogens is 299 g/mol. The molecule has 0 heterocycles. The van der Waals surface area contributed by atoms with Crippen molar-refractivity contribution in [2.24, 2.45) is 0 Å². The van der Waals surface area contributed by atoms with E-state index < -0.39 is 17.7 Å². The Balaban J connectivity index is 2.29. The molecule has 0 saturated carbocycles. The molecule has 108 valence electrons. The molecule has 5 nitrogen and oxygen atoms in total. The lowest BCUT2D eigenvalue weighted by atomic mass is 10.1. The van der Waals surface area contributed by atoms with Gasteiger partial charge in [-0.05, 0) is 36.4 Å². The molecule has 7 heteroatoms. The van der Waals surface area contributed by atoms with Crippen molar-refractivity contribution < 1.29 is 19.1 Å². The number of halogens is 2.